The summed E-state index contributed by atoms with van der Waals surface area (Å²) in [6, 6.07) is 14.4. The minimum absolute atomic E-state index is 0.350. The number of hydrogen-bond acceptors (Lipinski definition) is 4. The Balaban J connectivity index is 1.45. The van der Waals surface area contributed by atoms with Gasteiger partial charge in [0.25, 0.3) is 0 Å². The van der Waals surface area contributed by atoms with Crippen LogP contribution < -0.4 is 0 Å². The first kappa shape index (κ1) is 16.2. The zero-order chi connectivity index (χ0) is 16.9. The normalized spacial score (nSPS) is 17.6. The second-order valence-corrected chi connectivity index (χ2v) is 6.62. The number of pyridine rings is 1. The third kappa shape index (κ3) is 4.06. The highest BCUT2D eigenvalue weighted by atomic mass is 16.5. The minimum Gasteiger partial charge on any atom is -0.377 e. The Kier molecular flexibility index (Phi) is 5.04. The van der Waals surface area contributed by atoms with Gasteiger partial charge in [-0.3, -0.25) is 9.88 Å². The van der Waals surface area contributed by atoms with Gasteiger partial charge in [0.1, 0.15) is 0 Å². The standard InChI is InChI=1S/C20H24N4O/c1-2-9-20-19(8-1)22-16-24(20)12-11-23(15-18-7-5-13-25-18)14-17-6-3-4-10-21-17/h1-4,6,8-10,16,18H,5,7,11-15H2. The predicted molar refractivity (Wildman–Crippen MR) is 98.2 cm³/mol. The van der Waals surface area contributed by atoms with E-state index < -0.39 is 0 Å². The van der Waals surface area contributed by atoms with Crippen LogP contribution in [0.25, 0.3) is 11.0 Å². The Morgan fingerprint density at radius 2 is 2.04 bits per heavy atom. The number of ether oxygens (including phenoxy) is 1. The molecule has 0 spiro atoms. The summed E-state index contributed by atoms with van der Waals surface area (Å²) in [4.78, 5) is 11.4. The Labute approximate surface area is 148 Å². The van der Waals surface area contributed by atoms with Gasteiger partial charge in [-0.05, 0) is 37.1 Å². The van der Waals surface area contributed by atoms with Crippen LogP contribution in [0.3, 0.4) is 0 Å². The highest BCUT2D eigenvalue weighted by molar-refractivity contribution is 5.74. The van der Waals surface area contributed by atoms with Gasteiger partial charge in [-0.2, -0.15) is 0 Å². The summed E-state index contributed by atoms with van der Waals surface area (Å²) < 4.78 is 8.08. The lowest BCUT2D eigenvalue weighted by atomic mass is 10.2. The molecule has 25 heavy (non-hydrogen) atoms. The largest absolute Gasteiger partial charge is 0.377 e. The molecular weight excluding hydrogens is 312 g/mol. The Bertz CT molecular complexity index is 796. The molecular formula is C20H24N4O. The van der Waals surface area contributed by atoms with Crippen LogP contribution in [0.15, 0.2) is 55.0 Å². The van der Waals surface area contributed by atoms with E-state index in [9.17, 15) is 0 Å². The fraction of sp³-hybridized carbons (Fsp3) is 0.400. The zero-order valence-corrected chi connectivity index (χ0v) is 14.4. The molecule has 5 heteroatoms. The molecule has 0 saturated carbocycles. The lowest BCUT2D eigenvalue weighted by molar-refractivity contribution is 0.0690. The van der Waals surface area contributed by atoms with Crippen molar-refractivity contribution >= 4 is 11.0 Å². The van der Waals surface area contributed by atoms with Crippen molar-refractivity contribution in [2.45, 2.75) is 32.0 Å². The van der Waals surface area contributed by atoms with Gasteiger partial charge < -0.3 is 9.30 Å². The van der Waals surface area contributed by atoms with E-state index in [4.69, 9.17) is 4.74 Å². The summed E-state index contributed by atoms with van der Waals surface area (Å²) in [6.45, 7) is 4.58. The van der Waals surface area contributed by atoms with Gasteiger partial charge in [0.05, 0.1) is 29.2 Å². The van der Waals surface area contributed by atoms with Crippen LogP contribution in [0.1, 0.15) is 18.5 Å². The summed E-state index contributed by atoms with van der Waals surface area (Å²) in [5.41, 5.74) is 3.35. The average Bonchev–Trinajstić information content (AvgIpc) is 3.30. The highest BCUT2D eigenvalue weighted by Gasteiger charge is 2.19. The second kappa shape index (κ2) is 7.76. The molecule has 0 N–H and O–H groups in total. The average molecular weight is 336 g/mol. The van der Waals surface area contributed by atoms with Crippen LogP contribution >= 0.6 is 0 Å². The Hall–Kier alpha value is -2.24. The molecule has 3 heterocycles. The first-order valence-electron chi connectivity index (χ1n) is 9.02. The molecule has 1 fully saturated rings. The van der Waals surface area contributed by atoms with E-state index in [1.807, 2.05) is 24.7 Å². The number of fused-ring (bicyclic) bond motifs is 1. The minimum atomic E-state index is 0.350. The third-order valence-corrected chi connectivity index (χ3v) is 4.78. The smallest absolute Gasteiger partial charge is 0.0958 e. The maximum atomic E-state index is 5.85. The zero-order valence-electron chi connectivity index (χ0n) is 14.4. The van der Waals surface area contributed by atoms with Gasteiger partial charge in [-0.15, -0.1) is 0 Å². The first-order valence-corrected chi connectivity index (χ1v) is 9.02. The molecule has 130 valence electrons. The van der Waals surface area contributed by atoms with Crippen molar-refractivity contribution in [2.75, 3.05) is 19.7 Å². The predicted octanol–water partition coefficient (Wildman–Crippen LogP) is 3.11. The third-order valence-electron chi connectivity index (χ3n) is 4.78. The van der Waals surface area contributed by atoms with Gasteiger partial charge in [0.15, 0.2) is 0 Å². The van der Waals surface area contributed by atoms with Gasteiger partial charge in [0, 0.05) is 39.0 Å². The van der Waals surface area contributed by atoms with Crippen LogP contribution in [0.4, 0.5) is 0 Å². The molecule has 0 bridgehead atoms. The molecule has 5 nitrogen and oxygen atoms in total. The fourth-order valence-electron chi connectivity index (χ4n) is 3.47. The van der Waals surface area contributed by atoms with E-state index in [1.54, 1.807) is 0 Å². The molecule has 1 aliphatic rings. The summed E-state index contributed by atoms with van der Waals surface area (Å²) >= 11 is 0. The van der Waals surface area contributed by atoms with Gasteiger partial charge in [0.2, 0.25) is 0 Å². The van der Waals surface area contributed by atoms with Crippen LogP contribution in [0, 0.1) is 0 Å². The fourth-order valence-corrected chi connectivity index (χ4v) is 3.47. The van der Waals surface area contributed by atoms with Crippen LogP contribution in [0.5, 0.6) is 0 Å². The topological polar surface area (TPSA) is 43.2 Å². The molecule has 4 rings (SSSR count). The Morgan fingerprint density at radius 1 is 1.12 bits per heavy atom. The van der Waals surface area contributed by atoms with E-state index in [2.05, 4.69) is 49.8 Å². The number of imidazole rings is 1. The SMILES string of the molecule is c1ccc(CN(CCn2cnc3ccccc32)CC2CCCO2)nc1. The van der Waals surface area contributed by atoms with Gasteiger partial charge in [-0.25, -0.2) is 4.98 Å². The van der Waals surface area contributed by atoms with Crippen molar-refractivity contribution in [1.29, 1.82) is 0 Å². The molecule has 0 amide bonds. The van der Waals surface area contributed by atoms with Crippen molar-refractivity contribution in [3.05, 3.63) is 60.7 Å². The van der Waals surface area contributed by atoms with E-state index in [1.165, 1.54) is 11.9 Å². The monoisotopic (exact) mass is 336 g/mol. The summed E-state index contributed by atoms with van der Waals surface area (Å²) in [6.07, 6.45) is 6.49. The number of rotatable bonds is 7. The Morgan fingerprint density at radius 3 is 2.88 bits per heavy atom. The van der Waals surface area contributed by atoms with Crippen molar-refractivity contribution in [3.8, 4) is 0 Å². The summed E-state index contributed by atoms with van der Waals surface area (Å²) in [7, 11) is 0. The van der Waals surface area contributed by atoms with Gasteiger partial charge in [-0.1, -0.05) is 18.2 Å². The molecule has 1 unspecified atom stereocenters. The number of hydrogen-bond donors (Lipinski definition) is 0. The van der Waals surface area contributed by atoms with E-state index >= 15 is 0 Å². The molecule has 3 aromatic rings. The maximum Gasteiger partial charge on any atom is 0.0958 e. The van der Waals surface area contributed by atoms with E-state index in [0.717, 1.165) is 50.4 Å². The summed E-state index contributed by atoms with van der Waals surface area (Å²) in [5.74, 6) is 0. The van der Waals surface area contributed by atoms with Crippen molar-refractivity contribution in [3.63, 3.8) is 0 Å². The second-order valence-electron chi connectivity index (χ2n) is 6.62. The van der Waals surface area contributed by atoms with Crippen molar-refractivity contribution < 1.29 is 4.74 Å². The van der Waals surface area contributed by atoms with E-state index in [-0.39, 0.29) is 0 Å². The summed E-state index contributed by atoms with van der Waals surface area (Å²) in [5, 5.41) is 0. The lowest BCUT2D eigenvalue weighted by Gasteiger charge is -2.25. The van der Waals surface area contributed by atoms with Gasteiger partial charge >= 0.3 is 0 Å². The molecule has 0 aliphatic carbocycles. The number of para-hydroxylation sites is 2. The lowest BCUT2D eigenvalue weighted by Crippen LogP contribution is -2.34. The molecule has 2 aromatic heterocycles. The van der Waals surface area contributed by atoms with Crippen LogP contribution in [-0.2, 0) is 17.8 Å². The number of nitrogens with zero attached hydrogens (tertiary/aromatic N) is 4. The highest BCUT2D eigenvalue weighted by Crippen LogP contribution is 2.16. The van der Waals surface area contributed by atoms with Crippen molar-refractivity contribution in [2.24, 2.45) is 0 Å². The number of aromatic nitrogens is 3. The van der Waals surface area contributed by atoms with Crippen LogP contribution in [-0.4, -0.2) is 45.2 Å². The maximum absolute atomic E-state index is 5.85. The molecule has 1 aliphatic heterocycles. The van der Waals surface area contributed by atoms with Crippen LogP contribution in [0.2, 0.25) is 0 Å². The molecule has 1 atom stereocenters. The number of benzene rings is 1. The van der Waals surface area contributed by atoms with Crippen molar-refractivity contribution in [1.82, 2.24) is 19.4 Å². The first-order chi connectivity index (χ1) is 12.4. The quantitative estimate of drug-likeness (QED) is 0.665. The molecule has 1 saturated heterocycles. The molecule has 1 aromatic carbocycles. The van der Waals surface area contributed by atoms with E-state index in [0.29, 0.717) is 6.10 Å². The molecule has 0 radical (unpaired) electrons.